The van der Waals surface area contributed by atoms with Crippen LogP contribution in [0.4, 0.5) is 0 Å². The lowest BCUT2D eigenvalue weighted by atomic mass is 10.2. The highest BCUT2D eigenvalue weighted by molar-refractivity contribution is 5.86. The number of rotatable bonds is 6. The first-order valence-corrected chi connectivity index (χ1v) is 7.62. The molecule has 0 aliphatic carbocycles. The third-order valence-corrected chi connectivity index (χ3v) is 3.90. The topological polar surface area (TPSA) is 51.5 Å². The van der Waals surface area contributed by atoms with Crippen molar-refractivity contribution in [3.05, 3.63) is 66.4 Å². The molecular formula is C19H19NO3. The Morgan fingerprint density at radius 1 is 1.13 bits per heavy atom. The zero-order chi connectivity index (χ0) is 16.2. The molecule has 0 aliphatic heterocycles. The van der Waals surface area contributed by atoms with Gasteiger partial charge in [-0.2, -0.15) is 0 Å². The van der Waals surface area contributed by atoms with Crippen LogP contribution in [0.2, 0.25) is 0 Å². The summed E-state index contributed by atoms with van der Waals surface area (Å²) in [5, 5.41) is 10.1. The van der Waals surface area contributed by atoms with Crippen molar-refractivity contribution in [2.75, 3.05) is 0 Å². The van der Waals surface area contributed by atoms with E-state index in [2.05, 4.69) is 0 Å². The van der Waals surface area contributed by atoms with E-state index in [1.54, 1.807) is 6.92 Å². The molecule has 1 unspecified atom stereocenters. The van der Waals surface area contributed by atoms with Crippen LogP contribution in [0.3, 0.4) is 0 Å². The Bertz CT molecular complexity index is 808. The Hall–Kier alpha value is -2.75. The number of fused-ring (bicyclic) bond motifs is 1. The quantitative estimate of drug-likeness (QED) is 0.750. The minimum Gasteiger partial charge on any atom is -0.488 e. The lowest BCUT2D eigenvalue weighted by Gasteiger charge is -2.11. The molecule has 1 atom stereocenters. The van der Waals surface area contributed by atoms with Gasteiger partial charge in [0, 0.05) is 18.1 Å². The predicted molar refractivity (Wildman–Crippen MR) is 89.5 cm³/mol. The van der Waals surface area contributed by atoms with Crippen molar-refractivity contribution in [1.29, 1.82) is 0 Å². The van der Waals surface area contributed by atoms with Crippen LogP contribution in [-0.2, 0) is 17.9 Å². The largest absolute Gasteiger partial charge is 0.488 e. The number of hydrogen-bond donors (Lipinski definition) is 1. The van der Waals surface area contributed by atoms with Gasteiger partial charge in [0.1, 0.15) is 12.4 Å². The van der Waals surface area contributed by atoms with E-state index in [0.29, 0.717) is 13.2 Å². The van der Waals surface area contributed by atoms with Crippen molar-refractivity contribution in [3.63, 3.8) is 0 Å². The molecule has 0 fully saturated rings. The maximum atomic E-state index is 11.0. The summed E-state index contributed by atoms with van der Waals surface area (Å²) in [6.45, 7) is 2.67. The molecule has 1 aromatic heterocycles. The molecule has 0 spiro atoms. The van der Waals surface area contributed by atoms with Crippen LogP contribution in [-0.4, -0.2) is 15.6 Å². The van der Waals surface area contributed by atoms with Crippen LogP contribution in [0.5, 0.6) is 5.75 Å². The van der Waals surface area contributed by atoms with Crippen LogP contribution in [0.1, 0.15) is 12.5 Å². The number of carboxylic acid groups (broad SMARTS) is 1. The van der Waals surface area contributed by atoms with E-state index in [9.17, 15) is 4.79 Å². The number of carbonyl (C=O) groups is 1. The van der Waals surface area contributed by atoms with E-state index >= 15 is 0 Å². The monoisotopic (exact) mass is 309 g/mol. The van der Waals surface area contributed by atoms with Gasteiger partial charge in [-0.15, -0.1) is 0 Å². The first-order valence-electron chi connectivity index (χ1n) is 7.62. The van der Waals surface area contributed by atoms with Crippen molar-refractivity contribution in [2.45, 2.75) is 20.1 Å². The molecule has 1 N–H and O–H groups in total. The van der Waals surface area contributed by atoms with Gasteiger partial charge in [-0.25, -0.2) is 0 Å². The van der Waals surface area contributed by atoms with Crippen LogP contribution in [0.25, 0.3) is 10.9 Å². The Morgan fingerprint density at radius 3 is 2.65 bits per heavy atom. The molecule has 0 radical (unpaired) electrons. The second kappa shape index (κ2) is 6.57. The fraction of sp³-hybridized carbons (Fsp3) is 0.211. The maximum Gasteiger partial charge on any atom is 0.308 e. The highest BCUT2D eigenvalue weighted by Gasteiger charge is 2.14. The van der Waals surface area contributed by atoms with Gasteiger partial charge in [0.05, 0.1) is 11.4 Å². The van der Waals surface area contributed by atoms with Gasteiger partial charge in [-0.3, -0.25) is 4.79 Å². The Labute approximate surface area is 134 Å². The zero-order valence-corrected chi connectivity index (χ0v) is 13.0. The lowest BCUT2D eigenvalue weighted by Crippen LogP contribution is -2.16. The molecule has 23 heavy (non-hydrogen) atoms. The molecule has 4 heteroatoms. The minimum absolute atomic E-state index is 0.431. The van der Waals surface area contributed by atoms with Gasteiger partial charge < -0.3 is 14.4 Å². The summed E-state index contributed by atoms with van der Waals surface area (Å²) in [7, 11) is 0. The number of benzene rings is 2. The Morgan fingerprint density at radius 2 is 1.91 bits per heavy atom. The van der Waals surface area contributed by atoms with Crippen LogP contribution in [0, 0.1) is 5.92 Å². The van der Waals surface area contributed by atoms with Crippen molar-refractivity contribution < 1.29 is 14.6 Å². The lowest BCUT2D eigenvalue weighted by molar-refractivity contribution is -0.141. The highest BCUT2D eigenvalue weighted by Crippen LogP contribution is 2.28. The summed E-state index contributed by atoms with van der Waals surface area (Å²) in [4.78, 5) is 11.0. The number of ether oxygens (including phenoxy) is 1. The Balaban J connectivity index is 1.82. The fourth-order valence-electron chi connectivity index (χ4n) is 2.59. The second-order valence-corrected chi connectivity index (χ2v) is 5.67. The van der Waals surface area contributed by atoms with Crippen molar-refractivity contribution in [1.82, 2.24) is 4.57 Å². The first kappa shape index (κ1) is 15.2. The van der Waals surface area contributed by atoms with E-state index in [1.807, 2.05) is 65.4 Å². The van der Waals surface area contributed by atoms with Crippen molar-refractivity contribution >= 4 is 16.9 Å². The predicted octanol–water partition coefficient (Wildman–Crippen LogP) is 3.94. The molecule has 0 saturated carbocycles. The van der Waals surface area contributed by atoms with Gasteiger partial charge in [-0.05, 0) is 23.8 Å². The second-order valence-electron chi connectivity index (χ2n) is 5.67. The number of nitrogens with zero attached hydrogens (tertiary/aromatic N) is 1. The third-order valence-electron chi connectivity index (χ3n) is 3.90. The maximum absolute atomic E-state index is 11.0. The molecule has 3 aromatic rings. The smallest absolute Gasteiger partial charge is 0.308 e. The molecule has 0 saturated heterocycles. The molecule has 0 aliphatic rings. The SMILES string of the molecule is CC(Cn1ccc2c(OCc3ccccc3)cccc21)C(=O)O. The molecule has 0 amide bonds. The van der Waals surface area contributed by atoms with Gasteiger partial charge in [0.25, 0.3) is 0 Å². The number of aliphatic carboxylic acids is 1. The minimum atomic E-state index is -0.789. The third kappa shape index (κ3) is 3.37. The summed E-state index contributed by atoms with van der Waals surface area (Å²) >= 11 is 0. The number of carboxylic acids is 1. The van der Waals surface area contributed by atoms with E-state index in [4.69, 9.17) is 9.84 Å². The number of hydrogen-bond acceptors (Lipinski definition) is 2. The molecule has 1 heterocycles. The Kier molecular flexibility index (Phi) is 4.33. The molecule has 0 bridgehead atoms. The summed E-state index contributed by atoms with van der Waals surface area (Å²) in [5.41, 5.74) is 2.10. The molecule has 118 valence electrons. The molecule has 3 rings (SSSR count). The standard InChI is InChI=1S/C19H19NO3/c1-14(19(21)22)12-20-11-10-16-17(20)8-5-9-18(16)23-13-15-6-3-2-4-7-15/h2-11,14H,12-13H2,1H3,(H,21,22). The first-order chi connectivity index (χ1) is 11.1. The zero-order valence-electron chi connectivity index (χ0n) is 13.0. The van der Waals surface area contributed by atoms with Gasteiger partial charge >= 0.3 is 5.97 Å². The highest BCUT2D eigenvalue weighted by atomic mass is 16.5. The van der Waals surface area contributed by atoms with Crippen LogP contribution in [0.15, 0.2) is 60.8 Å². The van der Waals surface area contributed by atoms with E-state index < -0.39 is 11.9 Å². The summed E-state index contributed by atoms with van der Waals surface area (Å²) in [6.07, 6.45) is 1.92. The molecule has 2 aromatic carbocycles. The van der Waals surface area contributed by atoms with Crippen molar-refractivity contribution in [2.24, 2.45) is 5.92 Å². The number of aromatic nitrogens is 1. The normalized spacial score (nSPS) is 12.2. The average molecular weight is 309 g/mol. The van der Waals surface area contributed by atoms with Gasteiger partial charge in [0.2, 0.25) is 0 Å². The van der Waals surface area contributed by atoms with E-state index in [-0.39, 0.29) is 0 Å². The fourth-order valence-corrected chi connectivity index (χ4v) is 2.59. The van der Waals surface area contributed by atoms with Crippen molar-refractivity contribution in [3.8, 4) is 5.75 Å². The van der Waals surface area contributed by atoms with Gasteiger partial charge in [0.15, 0.2) is 0 Å². The van der Waals surface area contributed by atoms with E-state index in [0.717, 1.165) is 22.2 Å². The van der Waals surface area contributed by atoms with E-state index in [1.165, 1.54) is 0 Å². The average Bonchev–Trinajstić information content (AvgIpc) is 2.97. The summed E-state index contributed by atoms with van der Waals surface area (Å²) in [5.74, 6) is -0.407. The summed E-state index contributed by atoms with van der Waals surface area (Å²) in [6, 6.07) is 17.9. The molecular weight excluding hydrogens is 290 g/mol. The van der Waals surface area contributed by atoms with Crippen LogP contribution < -0.4 is 4.74 Å². The summed E-state index contributed by atoms with van der Waals surface area (Å²) < 4.78 is 7.90. The van der Waals surface area contributed by atoms with Gasteiger partial charge in [-0.1, -0.05) is 43.3 Å². The van der Waals surface area contributed by atoms with Crippen LogP contribution >= 0.6 is 0 Å². The molecule has 4 nitrogen and oxygen atoms in total.